The van der Waals surface area contributed by atoms with Crippen LogP contribution in [0.2, 0.25) is 0 Å². The molecule has 0 saturated heterocycles. The first kappa shape index (κ1) is 35.9. The van der Waals surface area contributed by atoms with Crippen LogP contribution in [-0.2, 0) is 28.6 Å². The highest BCUT2D eigenvalue weighted by Crippen LogP contribution is 2.18. The largest absolute Gasteiger partial charge is 0.480 e. The molecule has 0 aromatic heterocycles. The molecule has 2 atom stereocenters. The molecule has 0 aliphatic carbocycles. The van der Waals surface area contributed by atoms with Crippen LogP contribution in [0.1, 0.15) is 89.0 Å². The summed E-state index contributed by atoms with van der Waals surface area (Å²) in [4.78, 5) is 62.8. The number of amides is 2. The Bertz CT molecular complexity index is 843. The monoisotopic (exact) mass is 561 g/mol. The van der Waals surface area contributed by atoms with E-state index < -0.39 is 58.0 Å². The lowest BCUT2D eigenvalue weighted by atomic mass is 9.96. The molecule has 0 heterocycles. The molecule has 0 saturated carbocycles. The lowest BCUT2D eigenvalue weighted by Crippen LogP contribution is -2.56. The molecule has 0 spiro atoms. The average molecular weight is 562 g/mol. The predicted molar refractivity (Wildman–Crippen MR) is 142 cm³/mol. The van der Waals surface area contributed by atoms with Crippen LogP contribution >= 0.6 is 0 Å². The summed E-state index contributed by atoms with van der Waals surface area (Å²) in [6.45, 7) is 17.1. The quantitative estimate of drug-likeness (QED) is 0.203. The number of rotatable bonds is 12. The van der Waals surface area contributed by atoms with Gasteiger partial charge in [0.15, 0.2) is 0 Å². The van der Waals surface area contributed by atoms with Gasteiger partial charge >= 0.3 is 30.1 Å². The minimum absolute atomic E-state index is 0.0417. The van der Waals surface area contributed by atoms with Crippen LogP contribution < -0.4 is 10.6 Å². The summed E-state index contributed by atoms with van der Waals surface area (Å²) in [5.41, 5.74) is -6.02. The standard InChI is InChI=1S/C26H47N3O10/c1-22(2,3)37-17(30)16-29(14-12-25(10,18(31)32)27-20(35)38-23(4,5)6)15-13-26(11,19(33)34)28-21(36)39-24(7,8)9/h12-16H2,1-11H3,(H,27,35)(H,28,36)(H,31,32)(H,33,34)/t25-,26-/m0/s1. The van der Waals surface area contributed by atoms with Gasteiger partial charge in [0.2, 0.25) is 0 Å². The summed E-state index contributed by atoms with van der Waals surface area (Å²) in [5, 5.41) is 24.4. The lowest BCUT2D eigenvalue weighted by Gasteiger charge is -2.33. The molecule has 0 rings (SSSR count). The van der Waals surface area contributed by atoms with Gasteiger partial charge in [0, 0.05) is 13.1 Å². The first-order valence-electron chi connectivity index (χ1n) is 12.7. The van der Waals surface area contributed by atoms with E-state index in [9.17, 15) is 34.2 Å². The lowest BCUT2D eigenvalue weighted by molar-refractivity contribution is -0.156. The SMILES string of the molecule is CC(C)(C)OC(=O)CN(CC[C@](C)(NC(=O)OC(C)(C)C)C(=O)O)CC[C@](C)(NC(=O)OC(C)(C)C)C(=O)O. The number of nitrogens with one attached hydrogen (secondary N) is 2. The Labute approximate surface area is 230 Å². The third kappa shape index (κ3) is 15.2. The molecule has 4 N–H and O–H groups in total. The van der Waals surface area contributed by atoms with Crippen molar-refractivity contribution in [3.05, 3.63) is 0 Å². The van der Waals surface area contributed by atoms with Crippen LogP contribution in [0.15, 0.2) is 0 Å². The van der Waals surface area contributed by atoms with Crippen molar-refractivity contribution in [1.29, 1.82) is 0 Å². The fourth-order valence-corrected chi connectivity index (χ4v) is 3.09. The van der Waals surface area contributed by atoms with E-state index in [1.165, 1.54) is 18.7 Å². The predicted octanol–water partition coefficient (Wildman–Crippen LogP) is 3.15. The summed E-state index contributed by atoms with van der Waals surface area (Å²) in [6.07, 6.45) is -2.17. The molecule has 226 valence electrons. The number of nitrogens with zero attached hydrogens (tertiary/aromatic N) is 1. The maximum absolute atomic E-state index is 12.6. The van der Waals surface area contributed by atoms with Gasteiger partial charge in [-0.15, -0.1) is 0 Å². The van der Waals surface area contributed by atoms with Crippen LogP contribution in [0.3, 0.4) is 0 Å². The van der Waals surface area contributed by atoms with Crippen molar-refractivity contribution in [2.24, 2.45) is 0 Å². The van der Waals surface area contributed by atoms with E-state index in [4.69, 9.17) is 14.2 Å². The minimum Gasteiger partial charge on any atom is -0.480 e. The topological polar surface area (TPSA) is 181 Å². The fourth-order valence-electron chi connectivity index (χ4n) is 3.09. The molecule has 2 amide bonds. The van der Waals surface area contributed by atoms with Crippen LogP contribution in [0.5, 0.6) is 0 Å². The average Bonchev–Trinajstić information content (AvgIpc) is 2.65. The fraction of sp³-hybridized carbons (Fsp3) is 0.808. The van der Waals surface area contributed by atoms with Crippen molar-refractivity contribution in [2.75, 3.05) is 19.6 Å². The van der Waals surface area contributed by atoms with Gasteiger partial charge in [-0.2, -0.15) is 0 Å². The highest BCUT2D eigenvalue weighted by molar-refractivity contribution is 5.84. The number of ether oxygens (including phenoxy) is 3. The molecule has 0 aromatic rings. The smallest absolute Gasteiger partial charge is 0.408 e. The summed E-state index contributed by atoms with van der Waals surface area (Å²) < 4.78 is 15.7. The number of carbonyl (C=O) groups excluding carboxylic acids is 3. The van der Waals surface area contributed by atoms with Gasteiger partial charge in [0.05, 0.1) is 6.54 Å². The van der Waals surface area contributed by atoms with E-state index in [2.05, 4.69) is 10.6 Å². The number of hydrogen-bond acceptors (Lipinski definition) is 9. The van der Waals surface area contributed by atoms with Crippen LogP contribution in [-0.4, -0.2) is 92.7 Å². The van der Waals surface area contributed by atoms with Crippen molar-refractivity contribution in [2.45, 2.75) is 117 Å². The number of alkyl carbamates (subject to hydrolysis) is 2. The first-order valence-corrected chi connectivity index (χ1v) is 12.7. The van der Waals surface area contributed by atoms with E-state index in [-0.39, 0.29) is 32.5 Å². The summed E-state index contributed by atoms with van der Waals surface area (Å²) in [5.74, 6) is -3.27. The normalized spacial score (nSPS) is 15.4. The molecule has 0 aromatic carbocycles. The molecular formula is C26H47N3O10. The number of aliphatic carboxylic acids is 2. The number of esters is 1. The van der Waals surface area contributed by atoms with Gasteiger partial charge in [0.1, 0.15) is 27.9 Å². The Morgan fingerprint density at radius 1 is 0.590 bits per heavy atom. The molecule has 0 unspecified atom stereocenters. The Balaban J connectivity index is 5.81. The molecular weight excluding hydrogens is 514 g/mol. The maximum atomic E-state index is 12.6. The Morgan fingerprint density at radius 3 is 1.15 bits per heavy atom. The van der Waals surface area contributed by atoms with Crippen molar-refractivity contribution in [3.8, 4) is 0 Å². The van der Waals surface area contributed by atoms with Gasteiger partial charge in [0.25, 0.3) is 0 Å². The molecule has 0 aliphatic rings. The first-order chi connectivity index (χ1) is 17.3. The molecule has 13 heteroatoms. The van der Waals surface area contributed by atoms with Gasteiger partial charge in [-0.3, -0.25) is 9.69 Å². The van der Waals surface area contributed by atoms with Crippen LogP contribution in [0.4, 0.5) is 9.59 Å². The van der Waals surface area contributed by atoms with E-state index in [0.29, 0.717) is 0 Å². The van der Waals surface area contributed by atoms with E-state index in [1.54, 1.807) is 62.3 Å². The molecule has 39 heavy (non-hydrogen) atoms. The Kier molecular flexibility index (Phi) is 12.3. The zero-order valence-electron chi connectivity index (χ0n) is 25.1. The van der Waals surface area contributed by atoms with Crippen molar-refractivity contribution in [1.82, 2.24) is 15.5 Å². The van der Waals surface area contributed by atoms with Gasteiger partial charge in [-0.1, -0.05) is 0 Å². The third-order valence-electron chi connectivity index (χ3n) is 5.13. The summed E-state index contributed by atoms with van der Waals surface area (Å²) >= 11 is 0. The second-order valence-corrected chi connectivity index (χ2v) is 12.9. The Morgan fingerprint density at radius 2 is 0.897 bits per heavy atom. The van der Waals surface area contributed by atoms with Crippen LogP contribution in [0, 0.1) is 0 Å². The molecule has 0 aliphatic heterocycles. The van der Waals surface area contributed by atoms with E-state index in [0.717, 1.165) is 0 Å². The molecule has 0 radical (unpaired) electrons. The highest BCUT2D eigenvalue weighted by atomic mass is 16.6. The van der Waals surface area contributed by atoms with Crippen LogP contribution in [0.25, 0.3) is 0 Å². The number of carboxylic acid groups (broad SMARTS) is 2. The molecule has 0 fully saturated rings. The van der Waals surface area contributed by atoms with Crippen molar-refractivity contribution >= 4 is 30.1 Å². The number of carboxylic acids is 2. The second kappa shape index (κ2) is 13.3. The van der Waals surface area contributed by atoms with E-state index >= 15 is 0 Å². The van der Waals surface area contributed by atoms with E-state index in [1.807, 2.05) is 0 Å². The Hall–Kier alpha value is -3.09. The van der Waals surface area contributed by atoms with Gasteiger partial charge in [-0.05, 0) is 89.0 Å². The number of hydrogen-bond donors (Lipinski definition) is 4. The highest BCUT2D eigenvalue weighted by Gasteiger charge is 2.39. The third-order valence-corrected chi connectivity index (χ3v) is 5.13. The number of carbonyl (C=O) groups is 5. The van der Waals surface area contributed by atoms with Crippen molar-refractivity contribution < 1.29 is 48.4 Å². The summed E-state index contributed by atoms with van der Waals surface area (Å²) in [7, 11) is 0. The van der Waals surface area contributed by atoms with Gasteiger partial charge < -0.3 is 35.1 Å². The maximum Gasteiger partial charge on any atom is 0.408 e. The minimum atomic E-state index is -1.76. The van der Waals surface area contributed by atoms with Crippen molar-refractivity contribution in [3.63, 3.8) is 0 Å². The zero-order valence-corrected chi connectivity index (χ0v) is 25.1. The van der Waals surface area contributed by atoms with Gasteiger partial charge in [-0.25, -0.2) is 19.2 Å². The molecule has 0 bridgehead atoms. The molecule has 13 nitrogen and oxygen atoms in total. The zero-order chi connectivity index (χ0) is 31.0. The second-order valence-electron chi connectivity index (χ2n) is 12.9. The summed E-state index contributed by atoms with van der Waals surface area (Å²) in [6, 6.07) is 0.